The zero-order chi connectivity index (χ0) is 19.0. The van der Waals surface area contributed by atoms with Gasteiger partial charge in [0.05, 0.1) is 5.41 Å². The van der Waals surface area contributed by atoms with E-state index >= 15 is 0 Å². The summed E-state index contributed by atoms with van der Waals surface area (Å²) in [6, 6.07) is 0. The van der Waals surface area contributed by atoms with Gasteiger partial charge < -0.3 is 0 Å². The van der Waals surface area contributed by atoms with E-state index in [9.17, 15) is 9.90 Å². The average Bonchev–Trinajstić information content (AvgIpc) is 2.60. The molecule has 0 amide bonds. The van der Waals surface area contributed by atoms with Gasteiger partial charge in [0.2, 0.25) is 0 Å². The molecule has 0 bridgehead atoms. The Morgan fingerprint density at radius 3 is 1.68 bits per heavy atom. The van der Waals surface area contributed by atoms with Crippen LogP contribution < -0.4 is 0 Å². The van der Waals surface area contributed by atoms with Crippen LogP contribution in [-0.4, -0.2) is 5.97 Å². The van der Waals surface area contributed by atoms with Crippen molar-refractivity contribution in [3.63, 3.8) is 0 Å². The van der Waals surface area contributed by atoms with Gasteiger partial charge in [0, 0.05) is 0 Å². The van der Waals surface area contributed by atoms with Gasteiger partial charge in [0.25, 0.3) is 0 Å². The first-order chi connectivity index (χ1) is 12.1. The lowest BCUT2D eigenvalue weighted by molar-refractivity contribution is -0.161. The fourth-order valence-electron chi connectivity index (χ4n) is 4.34. The second kappa shape index (κ2) is 15.7. The Bertz CT molecular complexity index is 313. The van der Waals surface area contributed by atoms with E-state index in [1.54, 1.807) is 0 Å². The number of hydrogen-bond acceptors (Lipinski definition) is 1. The second-order valence-corrected chi connectivity index (χ2v) is 8.05. The molecule has 1 radical (unpaired) electrons. The Labute approximate surface area is 158 Å². The maximum atomic E-state index is 12.2. The number of hydrogen-bond donors (Lipinski definition) is 0. The Morgan fingerprint density at radius 2 is 1.16 bits per heavy atom. The van der Waals surface area contributed by atoms with Crippen LogP contribution in [0.15, 0.2) is 0 Å². The Kier molecular flexibility index (Phi) is 15.4. The molecule has 0 aliphatic heterocycles. The summed E-state index contributed by atoms with van der Waals surface area (Å²) < 4.78 is 0. The molecular formula is C23H45O2. The highest BCUT2D eigenvalue weighted by Gasteiger charge is 2.44. The standard InChI is InChI=1S/C23H45O2/c1-5-9-12-13-14-15-16-18-21(17-10-6-2)23(19-8-4,22(24)25)20-11-7-3/h21H,5-20H2,1-4H3. The van der Waals surface area contributed by atoms with Gasteiger partial charge in [0.15, 0.2) is 0 Å². The molecule has 0 aromatic rings. The van der Waals surface area contributed by atoms with Crippen LogP contribution in [0.4, 0.5) is 0 Å². The lowest BCUT2D eigenvalue weighted by Gasteiger charge is -2.37. The van der Waals surface area contributed by atoms with Crippen molar-refractivity contribution in [2.75, 3.05) is 0 Å². The van der Waals surface area contributed by atoms with Crippen molar-refractivity contribution in [3.05, 3.63) is 0 Å². The quantitative estimate of drug-likeness (QED) is 0.231. The zero-order valence-electron chi connectivity index (χ0n) is 17.7. The van der Waals surface area contributed by atoms with E-state index in [-0.39, 0.29) is 0 Å². The molecule has 0 aliphatic rings. The molecule has 0 saturated carbocycles. The fourth-order valence-corrected chi connectivity index (χ4v) is 4.34. The first-order valence-electron chi connectivity index (χ1n) is 11.3. The number of rotatable bonds is 18. The molecule has 0 heterocycles. The summed E-state index contributed by atoms with van der Waals surface area (Å²) in [6.07, 6.45) is 18.1. The van der Waals surface area contributed by atoms with Crippen molar-refractivity contribution in [2.24, 2.45) is 11.3 Å². The summed E-state index contributed by atoms with van der Waals surface area (Å²) in [4.78, 5) is 12.2. The minimum Gasteiger partial charge on any atom is -0.247 e. The minimum atomic E-state index is -0.771. The summed E-state index contributed by atoms with van der Waals surface area (Å²) in [5.41, 5.74) is -0.581. The second-order valence-electron chi connectivity index (χ2n) is 8.05. The molecule has 0 aromatic heterocycles. The fraction of sp³-hybridized carbons (Fsp3) is 0.957. The largest absolute Gasteiger partial charge is 0.361 e. The highest BCUT2D eigenvalue weighted by molar-refractivity contribution is 5.74. The monoisotopic (exact) mass is 353 g/mol. The van der Waals surface area contributed by atoms with Gasteiger partial charge in [0.1, 0.15) is 0 Å². The first kappa shape index (κ1) is 24.5. The van der Waals surface area contributed by atoms with Crippen LogP contribution in [0.1, 0.15) is 130 Å². The van der Waals surface area contributed by atoms with Crippen LogP contribution in [0.5, 0.6) is 0 Å². The average molecular weight is 354 g/mol. The van der Waals surface area contributed by atoms with E-state index < -0.39 is 11.4 Å². The van der Waals surface area contributed by atoms with Crippen LogP contribution in [0.3, 0.4) is 0 Å². The summed E-state index contributed by atoms with van der Waals surface area (Å²) in [5, 5.41) is 12.2. The molecule has 25 heavy (non-hydrogen) atoms. The number of unbranched alkanes of at least 4 members (excludes halogenated alkanes) is 8. The van der Waals surface area contributed by atoms with Gasteiger partial charge in [-0.1, -0.05) is 105 Å². The topological polar surface area (TPSA) is 37.0 Å². The predicted molar refractivity (Wildman–Crippen MR) is 108 cm³/mol. The van der Waals surface area contributed by atoms with Gasteiger partial charge in [-0.15, -0.1) is 0 Å². The number of carbonyl (C=O) groups is 1. The van der Waals surface area contributed by atoms with E-state index in [4.69, 9.17) is 0 Å². The van der Waals surface area contributed by atoms with Crippen LogP contribution >= 0.6 is 0 Å². The Morgan fingerprint density at radius 1 is 0.640 bits per heavy atom. The van der Waals surface area contributed by atoms with Crippen molar-refractivity contribution < 1.29 is 9.90 Å². The van der Waals surface area contributed by atoms with Crippen LogP contribution in [0.25, 0.3) is 0 Å². The molecular weight excluding hydrogens is 308 g/mol. The third kappa shape index (κ3) is 9.66. The number of carbonyl (C=O) groups excluding carboxylic acids is 1. The van der Waals surface area contributed by atoms with Crippen molar-refractivity contribution in [1.82, 2.24) is 0 Å². The molecule has 2 unspecified atom stereocenters. The first-order valence-corrected chi connectivity index (χ1v) is 11.3. The maximum absolute atomic E-state index is 12.2. The van der Waals surface area contributed by atoms with Gasteiger partial charge >= 0.3 is 5.97 Å². The van der Waals surface area contributed by atoms with Crippen molar-refractivity contribution in [3.8, 4) is 0 Å². The Hall–Kier alpha value is -0.530. The molecule has 0 fully saturated rings. The van der Waals surface area contributed by atoms with E-state index in [1.165, 1.54) is 44.9 Å². The third-order valence-electron chi connectivity index (χ3n) is 5.92. The van der Waals surface area contributed by atoms with E-state index in [1.807, 2.05) is 0 Å². The van der Waals surface area contributed by atoms with Crippen LogP contribution in [0.2, 0.25) is 0 Å². The smallest absolute Gasteiger partial charge is 0.247 e. The zero-order valence-corrected chi connectivity index (χ0v) is 17.7. The molecule has 0 aromatic carbocycles. The highest BCUT2D eigenvalue weighted by atomic mass is 16.4. The highest BCUT2D eigenvalue weighted by Crippen LogP contribution is 2.44. The summed E-state index contributed by atoms with van der Waals surface area (Å²) >= 11 is 0. The molecule has 0 aliphatic carbocycles. The normalized spacial score (nSPS) is 15.0. The lowest BCUT2D eigenvalue weighted by Crippen LogP contribution is -2.38. The summed E-state index contributed by atoms with van der Waals surface area (Å²) in [6.45, 7) is 8.73. The van der Waals surface area contributed by atoms with E-state index in [2.05, 4.69) is 27.7 Å². The molecule has 0 spiro atoms. The van der Waals surface area contributed by atoms with Crippen LogP contribution in [0, 0.1) is 11.3 Å². The van der Waals surface area contributed by atoms with Gasteiger partial charge in [-0.3, -0.25) is 0 Å². The molecule has 2 nitrogen and oxygen atoms in total. The summed E-state index contributed by atoms with van der Waals surface area (Å²) in [5.74, 6) is -0.466. The van der Waals surface area contributed by atoms with Crippen LogP contribution in [-0.2, 0) is 9.90 Å². The molecule has 149 valence electrons. The lowest BCUT2D eigenvalue weighted by atomic mass is 9.65. The van der Waals surface area contributed by atoms with Gasteiger partial charge in [-0.05, 0) is 31.6 Å². The van der Waals surface area contributed by atoms with E-state index in [0.29, 0.717) is 5.92 Å². The molecule has 2 heteroatoms. The van der Waals surface area contributed by atoms with Crippen molar-refractivity contribution >= 4 is 5.97 Å². The van der Waals surface area contributed by atoms with E-state index in [0.717, 1.165) is 57.8 Å². The van der Waals surface area contributed by atoms with Crippen molar-refractivity contribution in [1.29, 1.82) is 0 Å². The SMILES string of the molecule is CCCCCCCCCC(CCCC)C(CCC)(CCCC)C([O])=O. The Balaban J connectivity index is 4.79. The minimum absolute atomic E-state index is 0.305. The van der Waals surface area contributed by atoms with Crippen molar-refractivity contribution in [2.45, 2.75) is 130 Å². The third-order valence-corrected chi connectivity index (χ3v) is 5.92. The molecule has 2 atom stereocenters. The predicted octanol–water partition coefficient (Wildman–Crippen LogP) is 7.87. The molecule has 0 rings (SSSR count). The van der Waals surface area contributed by atoms with Gasteiger partial charge in [-0.25, -0.2) is 9.90 Å². The molecule has 0 saturated heterocycles. The summed E-state index contributed by atoms with van der Waals surface area (Å²) in [7, 11) is 0. The maximum Gasteiger partial charge on any atom is 0.361 e. The van der Waals surface area contributed by atoms with Gasteiger partial charge in [-0.2, -0.15) is 0 Å². The molecule has 0 N–H and O–H groups in total.